The zero-order valence-corrected chi connectivity index (χ0v) is 33.7. The average molecular weight is 775 g/mol. The molecule has 11 aromatic rings. The van der Waals surface area contributed by atoms with Crippen LogP contribution in [-0.2, 0) is 5.41 Å². The molecule has 0 bridgehead atoms. The van der Waals surface area contributed by atoms with Gasteiger partial charge < -0.3 is 4.74 Å². The summed E-state index contributed by atoms with van der Waals surface area (Å²) in [5.41, 5.74) is 7.25. The van der Waals surface area contributed by atoms with Crippen LogP contribution < -0.4 is 25.5 Å². The van der Waals surface area contributed by atoms with Gasteiger partial charge >= 0.3 is 0 Å². The molecule has 1 aliphatic rings. The van der Waals surface area contributed by atoms with Crippen LogP contribution in [0.5, 0.6) is 11.5 Å². The van der Waals surface area contributed by atoms with Crippen LogP contribution in [0.3, 0.4) is 0 Å². The van der Waals surface area contributed by atoms with Gasteiger partial charge in [-0.15, -0.1) is 0 Å². The second-order valence-corrected chi connectivity index (χ2v) is 20.0. The van der Waals surface area contributed by atoms with E-state index < -0.39 is 8.07 Å². The summed E-state index contributed by atoms with van der Waals surface area (Å²) in [6, 6.07) is 64.5. The highest BCUT2D eigenvalue weighted by molar-refractivity contribution is 7.20. The Morgan fingerprint density at radius 1 is 0.508 bits per heavy atom. The van der Waals surface area contributed by atoms with Gasteiger partial charge in [-0.3, -0.25) is 8.97 Å². The van der Waals surface area contributed by atoms with E-state index in [0.29, 0.717) is 0 Å². The zero-order chi connectivity index (χ0) is 39.3. The minimum absolute atomic E-state index is 0.313. The fourth-order valence-electron chi connectivity index (χ4n) is 10.2. The summed E-state index contributed by atoms with van der Waals surface area (Å²) in [4.78, 5) is 10.2. The number of benzene rings is 7. The SMILES string of the molecule is CC1(C)c2ccccc2Oc2cnc3c(c21)c1ccccc1n3-c1cccc([Si](c2ccccc2)(c2ccccc2)c2ccc3c4ccccc4n4ccnc4c3c2)c1. The van der Waals surface area contributed by atoms with Crippen LogP contribution in [-0.4, -0.2) is 27.0 Å². The molecule has 5 heterocycles. The molecule has 5 nitrogen and oxygen atoms in total. The lowest BCUT2D eigenvalue weighted by atomic mass is 9.74. The largest absolute Gasteiger partial charge is 0.455 e. The second-order valence-electron chi connectivity index (χ2n) is 16.2. The van der Waals surface area contributed by atoms with Crippen molar-refractivity contribution in [3.05, 3.63) is 206 Å². The van der Waals surface area contributed by atoms with Gasteiger partial charge in [-0.1, -0.05) is 159 Å². The van der Waals surface area contributed by atoms with E-state index in [2.05, 4.69) is 199 Å². The molecule has 280 valence electrons. The lowest BCUT2D eigenvalue weighted by Crippen LogP contribution is -2.74. The number of nitrogens with zero attached hydrogens (tertiary/aromatic N) is 4. The maximum atomic E-state index is 6.60. The van der Waals surface area contributed by atoms with Gasteiger partial charge in [-0.05, 0) is 56.5 Å². The van der Waals surface area contributed by atoms with Crippen molar-refractivity contribution in [1.29, 1.82) is 0 Å². The Bertz CT molecular complexity index is 3420. The molecule has 6 heteroatoms. The molecule has 59 heavy (non-hydrogen) atoms. The van der Waals surface area contributed by atoms with Gasteiger partial charge in [0.25, 0.3) is 0 Å². The molecule has 7 aromatic carbocycles. The van der Waals surface area contributed by atoms with Crippen LogP contribution in [0.2, 0.25) is 0 Å². The third-order valence-electron chi connectivity index (χ3n) is 12.8. The molecule has 4 aromatic heterocycles. The topological polar surface area (TPSA) is 44.4 Å². The summed E-state index contributed by atoms with van der Waals surface area (Å²) >= 11 is 0. The molecule has 0 radical (unpaired) electrons. The summed E-state index contributed by atoms with van der Waals surface area (Å²) in [6.45, 7) is 4.62. The molecule has 12 rings (SSSR count). The first-order valence-electron chi connectivity index (χ1n) is 20.2. The van der Waals surface area contributed by atoms with Crippen molar-refractivity contribution < 1.29 is 4.74 Å². The number of fused-ring (bicyclic) bond motifs is 12. The van der Waals surface area contributed by atoms with E-state index in [-0.39, 0.29) is 5.41 Å². The molecule has 0 aliphatic carbocycles. The van der Waals surface area contributed by atoms with Gasteiger partial charge in [-0.25, -0.2) is 9.97 Å². The maximum absolute atomic E-state index is 6.60. The van der Waals surface area contributed by atoms with E-state index in [9.17, 15) is 0 Å². The Morgan fingerprint density at radius 2 is 1.17 bits per heavy atom. The van der Waals surface area contributed by atoms with Crippen LogP contribution in [0.4, 0.5) is 0 Å². The lowest BCUT2D eigenvalue weighted by Gasteiger charge is -2.35. The Kier molecular flexibility index (Phi) is 7.23. The Hall–Kier alpha value is -7.28. The Labute approximate surface area is 342 Å². The molecule has 0 saturated carbocycles. The number of rotatable bonds is 5. The summed E-state index contributed by atoms with van der Waals surface area (Å²) in [7, 11) is -3.01. The van der Waals surface area contributed by atoms with E-state index in [1.165, 1.54) is 42.6 Å². The third kappa shape index (κ3) is 4.72. The van der Waals surface area contributed by atoms with Crippen molar-refractivity contribution in [3.63, 3.8) is 0 Å². The number of imidazole rings is 1. The van der Waals surface area contributed by atoms with E-state index in [1.807, 2.05) is 18.5 Å². The van der Waals surface area contributed by atoms with Gasteiger partial charge in [0.2, 0.25) is 0 Å². The summed E-state index contributed by atoms with van der Waals surface area (Å²) < 4.78 is 11.2. The molecule has 0 spiro atoms. The number of hydrogen-bond acceptors (Lipinski definition) is 3. The summed E-state index contributed by atoms with van der Waals surface area (Å²) in [5.74, 6) is 1.70. The summed E-state index contributed by atoms with van der Waals surface area (Å²) in [6.07, 6.45) is 5.92. The van der Waals surface area contributed by atoms with Gasteiger partial charge in [0.05, 0.1) is 17.2 Å². The molecule has 0 saturated heterocycles. The van der Waals surface area contributed by atoms with Crippen LogP contribution in [0.15, 0.2) is 195 Å². The molecular formula is C53H38N4OSi. The number of para-hydroxylation sites is 3. The Morgan fingerprint density at radius 3 is 1.97 bits per heavy atom. The predicted molar refractivity (Wildman–Crippen MR) is 245 cm³/mol. The van der Waals surface area contributed by atoms with Crippen molar-refractivity contribution in [2.45, 2.75) is 19.3 Å². The quantitative estimate of drug-likeness (QED) is 0.0994. The van der Waals surface area contributed by atoms with E-state index in [0.717, 1.165) is 55.7 Å². The van der Waals surface area contributed by atoms with E-state index in [1.54, 1.807) is 0 Å². The van der Waals surface area contributed by atoms with Crippen LogP contribution in [0.1, 0.15) is 25.0 Å². The van der Waals surface area contributed by atoms with Crippen molar-refractivity contribution in [3.8, 4) is 17.2 Å². The molecule has 0 fully saturated rings. The minimum atomic E-state index is -3.01. The highest BCUT2D eigenvalue weighted by atomic mass is 28.3. The molecule has 1 aliphatic heterocycles. The van der Waals surface area contributed by atoms with Crippen molar-refractivity contribution in [2.75, 3.05) is 0 Å². The second kappa shape index (κ2) is 12.6. The highest BCUT2D eigenvalue weighted by Crippen LogP contribution is 2.51. The number of ether oxygens (including phenoxy) is 1. The average Bonchev–Trinajstić information content (AvgIpc) is 3.92. The first-order valence-corrected chi connectivity index (χ1v) is 22.2. The molecule has 0 unspecified atom stereocenters. The fourth-order valence-corrected chi connectivity index (χ4v) is 15.0. The first kappa shape index (κ1) is 33.8. The molecule has 0 amide bonds. The maximum Gasteiger partial charge on any atom is 0.179 e. The molecular weight excluding hydrogens is 737 g/mol. The number of aromatic nitrogens is 4. The van der Waals surface area contributed by atoms with E-state index in [4.69, 9.17) is 14.7 Å². The van der Waals surface area contributed by atoms with Crippen molar-refractivity contribution >= 4 is 78.1 Å². The van der Waals surface area contributed by atoms with Crippen LogP contribution >= 0.6 is 0 Å². The number of pyridine rings is 2. The van der Waals surface area contributed by atoms with Crippen LogP contribution in [0, 0.1) is 0 Å². The third-order valence-corrected chi connectivity index (χ3v) is 17.5. The van der Waals surface area contributed by atoms with E-state index >= 15 is 0 Å². The lowest BCUT2D eigenvalue weighted by molar-refractivity contribution is 0.419. The smallest absolute Gasteiger partial charge is 0.179 e. The van der Waals surface area contributed by atoms with Gasteiger partial charge in [0, 0.05) is 56.2 Å². The van der Waals surface area contributed by atoms with Crippen LogP contribution in [0.25, 0.3) is 54.9 Å². The van der Waals surface area contributed by atoms with Gasteiger partial charge in [0.1, 0.15) is 17.0 Å². The van der Waals surface area contributed by atoms with Gasteiger partial charge in [0.15, 0.2) is 13.8 Å². The van der Waals surface area contributed by atoms with Crippen molar-refractivity contribution in [1.82, 2.24) is 18.9 Å². The fraction of sp³-hybridized carbons (Fsp3) is 0.0566. The predicted octanol–water partition coefficient (Wildman–Crippen LogP) is 9.94. The monoisotopic (exact) mass is 774 g/mol. The highest BCUT2D eigenvalue weighted by Gasteiger charge is 2.42. The minimum Gasteiger partial charge on any atom is -0.455 e. The standard InChI is InChI=1S/C53H38N4OSi/c1-53(2)44-24-11-14-27-47(44)58-48-34-55-52-49(50(48)53)42-23-10-13-26-46(42)57(52)35-16-15-21-38(32-35)59(36-17-5-3-6-18-36,37-19-7-4-8-20-37)39-28-29-40-41-22-9-12-25-45(41)56-31-30-54-51(56)43(40)33-39/h3-34H,1-2H3. The molecule has 0 atom stereocenters. The van der Waals surface area contributed by atoms with Gasteiger partial charge in [-0.2, -0.15) is 0 Å². The van der Waals surface area contributed by atoms with Crippen molar-refractivity contribution in [2.24, 2.45) is 0 Å². The Balaban J connectivity index is 1.16. The normalized spacial score (nSPS) is 13.5. The molecule has 0 N–H and O–H groups in total. The summed E-state index contributed by atoms with van der Waals surface area (Å²) in [5, 5.41) is 11.1. The first-order chi connectivity index (χ1) is 29.0. The zero-order valence-electron chi connectivity index (χ0n) is 32.7. The number of hydrogen-bond donors (Lipinski definition) is 0.